The molecule has 3 aliphatic heterocycles. The predicted molar refractivity (Wildman–Crippen MR) is 78.8 cm³/mol. The summed E-state index contributed by atoms with van der Waals surface area (Å²) in [5, 5.41) is 3.73. The number of fused-ring (bicyclic) bond motifs is 2. The molecule has 0 amide bonds. The summed E-state index contributed by atoms with van der Waals surface area (Å²) in [6.45, 7) is 0.220. The Kier molecular flexibility index (Phi) is 2.51. The highest BCUT2D eigenvalue weighted by Crippen LogP contribution is 2.38. The van der Waals surface area contributed by atoms with Crippen LogP contribution in [0.15, 0.2) is 18.2 Å². The van der Waals surface area contributed by atoms with Gasteiger partial charge in [0.1, 0.15) is 12.1 Å². The second kappa shape index (κ2) is 4.06. The van der Waals surface area contributed by atoms with Crippen LogP contribution in [-0.2, 0) is 14.4 Å². The quantitative estimate of drug-likeness (QED) is 0.588. The van der Waals surface area contributed by atoms with Crippen LogP contribution in [0.3, 0.4) is 0 Å². The van der Waals surface area contributed by atoms with Crippen molar-refractivity contribution in [3.8, 4) is 11.5 Å². The first-order valence-electron chi connectivity index (χ1n) is 6.25. The summed E-state index contributed by atoms with van der Waals surface area (Å²) in [7, 11) is -2.75. The fourth-order valence-corrected chi connectivity index (χ4v) is 5.27. The Morgan fingerprint density at radius 3 is 3.00 bits per heavy atom. The molecule has 2 N–H and O–H groups in total. The summed E-state index contributed by atoms with van der Waals surface area (Å²) in [6, 6.07) is 5.43. The van der Waals surface area contributed by atoms with Gasteiger partial charge in [-0.3, -0.25) is 0 Å². The van der Waals surface area contributed by atoms with E-state index < -0.39 is 10.2 Å². The van der Waals surface area contributed by atoms with Crippen molar-refractivity contribution >= 4 is 33.2 Å². The van der Waals surface area contributed by atoms with Gasteiger partial charge in [0.05, 0.1) is 0 Å². The van der Waals surface area contributed by atoms with Crippen LogP contribution >= 0.6 is 12.2 Å². The minimum Gasteiger partial charge on any atom is -0.454 e. The van der Waals surface area contributed by atoms with E-state index in [0.29, 0.717) is 16.6 Å². The molecular weight excluding hydrogens is 300 g/mol. The van der Waals surface area contributed by atoms with Crippen molar-refractivity contribution in [2.24, 2.45) is 0 Å². The van der Waals surface area contributed by atoms with Crippen LogP contribution < -0.4 is 19.7 Å². The Morgan fingerprint density at radius 1 is 1.35 bits per heavy atom. The van der Waals surface area contributed by atoms with Gasteiger partial charge in [0, 0.05) is 11.8 Å². The number of rotatable bonds is 1. The van der Waals surface area contributed by atoms with Crippen molar-refractivity contribution < 1.29 is 18.2 Å². The number of nitrogens with one attached hydrogen (secondary N) is 1. The average Bonchev–Trinajstić information content (AvgIpc) is 3.00. The lowest BCUT2D eigenvalue weighted by Gasteiger charge is -2.22. The molecule has 0 radical (unpaired) electrons. The zero-order chi connectivity index (χ0) is 13.9. The van der Waals surface area contributed by atoms with Crippen molar-refractivity contribution in [2.45, 2.75) is 12.1 Å². The highest BCUT2D eigenvalue weighted by molar-refractivity contribution is 7.98. The van der Waals surface area contributed by atoms with E-state index in [9.17, 15) is 8.76 Å². The molecule has 6 nitrogen and oxygen atoms in total. The van der Waals surface area contributed by atoms with E-state index >= 15 is 0 Å². The number of benzene rings is 1. The first-order valence-corrected chi connectivity index (χ1v) is 8.51. The number of hydrogen-bond acceptors (Lipinski definition) is 4. The Hall–Kier alpha value is -1.38. The molecule has 0 saturated carbocycles. The molecule has 2 saturated heterocycles. The number of anilines is 1. The first-order chi connectivity index (χ1) is 9.53. The molecule has 20 heavy (non-hydrogen) atoms. The third kappa shape index (κ3) is 1.79. The normalized spacial score (nSPS) is 34.2. The molecule has 3 heterocycles. The number of thiocarbonyl (C=S) groups is 1. The van der Waals surface area contributed by atoms with E-state index in [4.69, 9.17) is 21.7 Å². The molecule has 1 unspecified atom stereocenters. The monoisotopic (exact) mass is 313 g/mol. The maximum absolute atomic E-state index is 11.9. The van der Waals surface area contributed by atoms with Crippen LogP contribution in [0.25, 0.3) is 0 Å². The molecule has 0 aromatic heterocycles. The van der Waals surface area contributed by atoms with E-state index in [1.807, 2.05) is 23.1 Å². The highest BCUT2D eigenvalue weighted by Gasteiger charge is 2.54. The van der Waals surface area contributed by atoms with Crippen molar-refractivity contribution in [2.75, 3.05) is 23.2 Å². The molecule has 3 atom stereocenters. The Balaban J connectivity index is 1.70. The second-order valence-corrected chi connectivity index (χ2v) is 7.74. The third-order valence-corrected chi connectivity index (χ3v) is 5.89. The summed E-state index contributed by atoms with van der Waals surface area (Å²) in [4.78, 5) is 1.91. The first kappa shape index (κ1) is 12.4. The van der Waals surface area contributed by atoms with Gasteiger partial charge in [0.2, 0.25) is 17.0 Å². The van der Waals surface area contributed by atoms with Gasteiger partial charge < -0.3 is 19.7 Å². The summed E-state index contributed by atoms with van der Waals surface area (Å²) < 4.78 is 32.3. The second-order valence-electron chi connectivity index (χ2n) is 5.14. The molecule has 0 bridgehead atoms. The number of nitrogens with zero attached hydrogens (tertiary/aromatic N) is 1. The lowest BCUT2D eigenvalue weighted by atomic mass is 10.1. The average molecular weight is 313 g/mol. The van der Waals surface area contributed by atoms with Crippen LogP contribution in [-0.4, -0.2) is 40.0 Å². The molecule has 8 heteroatoms. The van der Waals surface area contributed by atoms with Crippen LogP contribution in [0.1, 0.15) is 0 Å². The van der Waals surface area contributed by atoms with Crippen LogP contribution in [0, 0.1) is 0 Å². The van der Waals surface area contributed by atoms with Gasteiger partial charge in [-0.1, -0.05) is 4.21 Å². The third-order valence-electron chi connectivity index (χ3n) is 3.83. The van der Waals surface area contributed by atoms with E-state index in [1.54, 1.807) is 0 Å². The predicted octanol–water partition coefficient (Wildman–Crippen LogP) is 0.833. The molecule has 1 aromatic carbocycles. The van der Waals surface area contributed by atoms with Crippen LogP contribution in [0.4, 0.5) is 5.69 Å². The van der Waals surface area contributed by atoms with Gasteiger partial charge in [-0.25, -0.2) is 0 Å². The maximum atomic E-state index is 11.9. The highest BCUT2D eigenvalue weighted by atomic mass is 32.3. The van der Waals surface area contributed by atoms with Gasteiger partial charge in [-0.15, -0.1) is 0 Å². The number of ether oxygens (including phenoxy) is 2. The Labute approximate surface area is 122 Å². The van der Waals surface area contributed by atoms with E-state index in [-0.39, 0.29) is 30.4 Å². The molecule has 1 aromatic rings. The summed E-state index contributed by atoms with van der Waals surface area (Å²) >= 11 is 5.35. The number of hydrogen-bond donors (Lipinski definition) is 2. The minimum absolute atomic E-state index is 0.0644. The fraction of sp³-hybridized carbons (Fsp3) is 0.417. The van der Waals surface area contributed by atoms with Gasteiger partial charge in [0.25, 0.3) is 0 Å². The molecular formula is C12H13N2O4S2+. The molecule has 4 rings (SSSR count). The zero-order valence-electron chi connectivity index (χ0n) is 10.4. The Morgan fingerprint density at radius 2 is 2.15 bits per heavy atom. The Bertz CT molecular complexity index is 650. The van der Waals surface area contributed by atoms with Gasteiger partial charge >= 0.3 is 0 Å². The van der Waals surface area contributed by atoms with Crippen molar-refractivity contribution in [3.63, 3.8) is 0 Å². The summed E-state index contributed by atoms with van der Waals surface area (Å²) in [5.41, 5.74) is 0.858. The van der Waals surface area contributed by atoms with E-state index in [1.165, 1.54) is 0 Å². The van der Waals surface area contributed by atoms with Crippen molar-refractivity contribution in [3.05, 3.63) is 18.2 Å². The van der Waals surface area contributed by atoms with E-state index in [0.717, 1.165) is 5.69 Å². The SMILES string of the molecule is O=[S+]1(O)C[C@@H]2NC(=S)N(c3ccc4c(c3)OCO4)[C@@H]2C1. The molecule has 3 aliphatic rings. The van der Waals surface area contributed by atoms with E-state index in [2.05, 4.69) is 5.32 Å². The lowest BCUT2D eigenvalue weighted by Crippen LogP contribution is -2.37. The molecule has 106 valence electrons. The van der Waals surface area contributed by atoms with Gasteiger partial charge in [-0.05, 0) is 24.4 Å². The molecule has 0 aliphatic carbocycles. The van der Waals surface area contributed by atoms with Gasteiger partial charge in [-0.2, -0.15) is 4.55 Å². The zero-order valence-corrected chi connectivity index (χ0v) is 12.1. The lowest BCUT2D eigenvalue weighted by molar-refractivity contribution is 0.174. The topological polar surface area (TPSA) is 71.0 Å². The minimum atomic E-state index is -2.75. The summed E-state index contributed by atoms with van der Waals surface area (Å²) in [5.74, 6) is 1.87. The smallest absolute Gasteiger partial charge is 0.231 e. The maximum Gasteiger partial charge on any atom is 0.231 e. The molecule has 2 fully saturated rings. The molecule has 0 spiro atoms. The van der Waals surface area contributed by atoms with Crippen LogP contribution in [0.2, 0.25) is 0 Å². The standard InChI is InChI=1S/C12H12N2O4S2/c15-20(16)4-8-9(5-20)14(12(19)13-8)7-1-2-10-11(3-7)18-6-17-10/h1-3,8-9H,4-6H2,(H-,13,15,16,19)/p+1/t8-,9+/m0/s1. The summed E-state index contributed by atoms with van der Waals surface area (Å²) in [6.07, 6.45) is 0. The van der Waals surface area contributed by atoms with Gasteiger partial charge in [0.15, 0.2) is 28.1 Å². The fourth-order valence-electron chi connectivity index (χ4n) is 2.96. The van der Waals surface area contributed by atoms with Crippen molar-refractivity contribution in [1.29, 1.82) is 0 Å². The van der Waals surface area contributed by atoms with Crippen LogP contribution in [0.5, 0.6) is 11.5 Å². The van der Waals surface area contributed by atoms with Crippen molar-refractivity contribution in [1.82, 2.24) is 5.32 Å². The largest absolute Gasteiger partial charge is 0.454 e.